The van der Waals surface area contributed by atoms with E-state index in [9.17, 15) is 9.59 Å². The summed E-state index contributed by atoms with van der Waals surface area (Å²) in [4.78, 5) is 39.7. The van der Waals surface area contributed by atoms with Crippen LogP contribution in [0.5, 0.6) is 0 Å². The zero-order valence-electron chi connectivity index (χ0n) is 21.4. The number of likely N-dealkylation sites (tertiary alicyclic amines) is 1. The Hall–Kier alpha value is -3.26. The number of amides is 1. The normalized spacial score (nSPS) is 17.0. The zero-order chi connectivity index (χ0) is 25.4. The summed E-state index contributed by atoms with van der Waals surface area (Å²) >= 11 is 0. The Balaban J connectivity index is 1.46. The maximum atomic E-state index is 12.9. The lowest BCUT2D eigenvalue weighted by molar-refractivity contribution is 0.0505. The van der Waals surface area contributed by atoms with E-state index in [4.69, 9.17) is 9.72 Å². The number of ketones is 1. The van der Waals surface area contributed by atoms with Crippen molar-refractivity contribution in [3.05, 3.63) is 47.8 Å². The summed E-state index contributed by atoms with van der Waals surface area (Å²) in [5.74, 6) is 0.0347. The van der Waals surface area contributed by atoms with Crippen LogP contribution in [0.4, 0.5) is 4.79 Å². The molecule has 1 unspecified atom stereocenters. The predicted molar refractivity (Wildman–Crippen MR) is 136 cm³/mol. The first-order valence-electron chi connectivity index (χ1n) is 12.1. The summed E-state index contributed by atoms with van der Waals surface area (Å²) < 4.78 is 5.38. The van der Waals surface area contributed by atoms with Crippen LogP contribution >= 0.6 is 0 Å². The first kappa shape index (κ1) is 24.9. The molecule has 3 heterocycles. The molecule has 0 spiro atoms. The van der Waals surface area contributed by atoms with Gasteiger partial charge in [0.25, 0.3) is 0 Å². The van der Waals surface area contributed by atoms with Gasteiger partial charge in [0.15, 0.2) is 11.4 Å². The molecule has 1 saturated heterocycles. The molecule has 1 atom stereocenters. The van der Waals surface area contributed by atoms with Gasteiger partial charge >= 0.3 is 6.09 Å². The smallest absolute Gasteiger partial charge is 0.407 e. The van der Waals surface area contributed by atoms with Gasteiger partial charge in [-0.2, -0.15) is 0 Å². The van der Waals surface area contributed by atoms with Crippen LogP contribution in [0.25, 0.3) is 22.4 Å². The molecule has 1 amide bonds. The molecule has 4 rings (SSSR count). The Kier molecular flexibility index (Phi) is 6.68. The van der Waals surface area contributed by atoms with E-state index in [1.807, 2.05) is 53.7 Å². The molecule has 8 nitrogen and oxygen atoms in total. The highest BCUT2D eigenvalue weighted by Crippen LogP contribution is 2.27. The van der Waals surface area contributed by atoms with E-state index < -0.39 is 11.0 Å². The van der Waals surface area contributed by atoms with Crippen LogP contribution in [-0.2, 0) is 11.3 Å². The lowest BCUT2D eigenvalue weighted by Crippen LogP contribution is -2.40. The topological polar surface area (TPSA) is 100 Å². The van der Waals surface area contributed by atoms with Gasteiger partial charge in [0, 0.05) is 42.9 Å². The number of fused-ring (bicyclic) bond motifs is 1. The summed E-state index contributed by atoms with van der Waals surface area (Å²) in [6.07, 6.45) is 3.96. The molecule has 1 aromatic carbocycles. The van der Waals surface area contributed by atoms with Gasteiger partial charge in [0.1, 0.15) is 11.1 Å². The van der Waals surface area contributed by atoms with Crippen LogP contribution in [0, 0.1) is 5.41 Å². The highest BCUT2D eigenvalue weighted by molar-refractivity contribution is 6.08. The van der Waals surface area contributed by atoms with Crippen molar-refractivity contribution in [3.8, 4) is 11.3 Å². The number of carbonyl (C=O) groups is 2. The summed E-state index contributed by atoms with van der Waals surface area (Å²) in [6, 6.07) is 8.31. The molecule has 1 aliphatic rings. The van der Waals surface area contributed by atoms with Crippen molar-refractivity contribution < 1.29 is 14.3 Å². The SMILES string of the molecule is CC(C)(C)OC(=O)NC1CCN(Cc2cccc(-c3cnc4[nH]cc(C(=O)C(C)(C)C)c4n3)c2)C1. The zero-order valence-corrected chi connectivity index (χ0v) is 21.4. The van der Waals surface area contributed by atoms with E-state index in [0.717, 1.165) is 42.9 Å². The second-order valence-corrected chi connectivity index (χ2v) is 11.3. The number of aromatic amines is 1. The summed E-state index contributed by atoms with van der Waals surface area (Å²) in [6.45, 7) is 13.7. The van der Waals surface area contributed by atoms with Crippen LogP contribution < -0.4 is 5.32 Å². The van der Waals surface area contributed by atoms with Crippen molar-refractivity contribution >= 4 is 23.0 Å². The minimum atomic E-state index is -0.504. The molecule has 35 heavy (non-hydrogen) atoms. The van der Waals surface area contributed by atoms with Crippen LogP contribution in [0.2, 0.25) is 0 Å². The fourth-order valence-corrected chi connectivity index (χ4v) is 4.26. The standard InChI is InChI=1S/C27H35N5O3/c1-26(2,3)23(33)20-13-28-24-22(20)31-21(14-29-24)18-9-7-8-17(12-18)15-32-11-10-19(16-32)30-25(34)35-27(4,5)6/h7-9,12-14,19H,10-11,15-16H2,1-6H3,(H,28,29)(H,30,34). The van der Waals surface area contributed by atoms with E-state index >= 15 is 0 Å². The van der Waals surface area contributed by atoms with E-state index in [2.05, 4.69) is 32.3 Å². The van der Waals surface area contributed by atoms with Crippen LogP contribution in [0.15, 0.2) is 36.7 Å². The second-order valence-electron chi connectivity index (χ2n) is 11.3. The molecule has 1 aliphatic heterocycles. The number of benzene rings is 1. The fraction of sp³-hybridized carbons (Fsp3) is 0.481. The third kappa shape index (κ3) is 6.06. The number of aromatic nitrogens is 3. The number of alkyl carbamates (subject to hydrolysis) is 1. The second kappa shape index (κ2) is 9.41. The Morgan fingerprint density at radius 3 is 2.69 bits per heavy atom. The Morgan fingerprint density at radius 2 is 1.97 bits per heavy atom. The lowest BCUT2D eigenvalue weighted by Gasteiger charge is -2.22. The number of carbonyl (C=O) groups excluding carboxylic acids is 2. The molecule has 2 aromatic heterocycles. The summed E-state index contributed by atoms with van der Waals surface area (Å²) in [5, 5.41) is 2.98. The summed E-state index contributed by atoms with van der Waals surface area (Å²) in [5.41, 5.74) is 3.61. The molecule has 8 heteroatoms. The van der Waals surface area contributed by atoms with E-state index in [0.29, 0.717) is 16.7 Å². The minimum absolute atomic E-state index is 0.0347. The number of ether oxygens (including phenoxy) is 1. The Labute approximate surface area is 206 Å². The van der Waals surface area contributed by atoms with Gasteiger partial charge in [-0.25, -0.2) is 14.8 Å². The predicted octanol–water partition coefficient (Wildman–Crippen LogP) is 4.95. The van der Waals surface area contributed by atoms with E-state index in [1.165, 1.54) is 0 Å². The molecule has 2 N–H and O–H groups in total. The molecular formula is C27H35N5O3. The largest absolute Gasteiger partial charge is 0.444 e. The van der Waals surface area contributed by atoms with Gasteiger partial charge in [-0.3, -0.25) is 9.69 Å². The van der Waals surface area contributed by atoms with Crippen LogP contribution in [0.1, 0.15) is 63.9 Å². The number of Topliss-reactive ketones (excluding diaryl/α,β-unsaturated/α-hetero) is 1. The molecule has 0 bridgehead atoms. The van der Waals surface area contributed by atoms with Gasteiger partial charge in [-0.05, 0) is 38.8 Å². The highest BCUT2D eigenvalue weighted by atomic mass is 16.6. The van der Waals surface area contributed by atoms with Crippen molar-refractivity contribution in [1.82, 2.24) is 25.2 Å². The van der Waals surface area contributed by atoms with Crippen molar-refractivity contribution in [3.63, 3.8) is 0 Å². The van der Waals surface area contributed by atoms with Crippen molar-refractivity contribution in [1.29, 1.82) is 0 Å². The van der Waals surface area contributed by atoms with Gasteiger partial charge in [0.05, 0.1) is 17.5 Å². The monoisotopic (exact) mass is 477 g/mol. The number of hydrogen-bond donors (Lipinski definition) is 2. The molecule has 0 saturated carbocycles. The number of rotatable bonds is 5. The number of nitrogens with zero attached hydrogens (tertiary/aromatic N) is 3. The molecule has 0 radical (unpaired) electrons. The molecule has 1 fully saturated rings. The number of H-pyrrole nitrogens is 1. The first-order chi connectivity index (χ1) is 16.4. The fourth-order valence-electron chi connectivity index (χ4n) is 4.26. The Morgan fingerprint density at radius 1 is 1.20 bits per heavy atom. The van der Waals surface area contributed by atoms with Gasteiger partial charge in [-0.15, -0.1) is 0 Å². The maximum Gasteiger partial charge on any atom is 0.407 e. The van der Waals surface area contributed by atoms with Crippen molar-refractivity contribution in [2.45, 2.75) is 66.2 Å². The number of nitrogens with one attached hydrogen (secondary N) is 2. The first-order valence-corrected chi connectivity index (χ1v) is 12.1. The van der Waals surface area contributed by atoms with Gasteiger partial charge in [-0.1, -0.05) is 39.0 Å². The maximum absolute atomic E-state index is 12.9. The van der Waals surface area contributed by atoms with Gasteiger partial charge < -0.3 is 15.0 Å². The molecular weight excluding hydrogens is 442 g/mol. The van der Waals surface area contributed by atoms with E-state index in [-0.39, 0.29) is 17.9 Å². The lowest BCUT2D eigenvalue weighted by atomic mass is 9.87. The van der Waals surface area contributed by atoms with Crippen molar-refractivity contribution in [2.75, 3.05) is 13.1 Å². The average Bonchev–Trinajstić information content (AvgIpc) is 3.37. The minimum Gasteiger partial charge on any atom is -0.444 e. The van der Waals surface area contributed by atoms with Gasteiger partial charge in [0.2, 0.25) is 0 Å². The highest BCUT2D eigenvalue weighted by Gasteiger charge is 2.27. The summed E-state index contributed by atoms with van der Waals surface area (Å²) in [7, 11) is 0. The van der Waals surface area contributed by atoms with Crippen molar-refractivity contribution in [2.24, 2.45) is 5.41 Å². The third-order valence-electron chi connectivity index (χ3n) is 5.93. The average molecular weight is 478 g/mol. The molecule has 3 aromatic rings. The molecule has 0 aliphatic carbocycles. The Bertz CT molecular complexity index is 1240. The quantitative estimate of drug-likeness (QED) is 0.504. The third-order valence-corrected chi connectivity index (χ3v) is 5.93. The van der Waals surface area contributed by atoms with E-state index in [1.54, 1.807) is 12.4 Å². The van der Waals surface area contributed by atoms with Crippen LogP contribution in [-0.4, -0.2) is 56.5 Å². The molecule has 186 valence electrons. The number of hydrogen-bond acceptors (Lipinski definition) is 6. The van der Waals surface area contributed by atoms with Crippen LogP contribution in [0.3, 0.4) is 0 Å².